The zero-order valence-electron chi connectivity index (χ0n) is 12.1. The molecule has 1 fully saturated rings. The first-order chi connectivity index (χ1) is 10.3. The van der Waals surface area contributed by atoms with Crippen LogP contribution < -0.4 is 20.1 Å². The molecule has 2 unspecified atom stereocenters. The fourth-order valence-corrected chi connectivity index (χ4v) is 2.63. The maximum Gasteiger partial charge on any atom is 0.231 e. The van der Waals surface area contributed by atoms with E-state index in [9.17, 15) is 4.79 Å². The summed E-state index contributed by atoms with van der Waals surface area (Å²) in [5.41, 5.74) is 0.714. The lowest BCUT2D eigenvalue weighted by molar-refractivity contribution is -0.120. The number of hydrogen-bond donors (Lipinski definition) is 2. The van der Waals surface area contributed by atoms with Crippen LogP contribution in [0.2, 0.25) is 0 Å². The predicted molar refractivity (Wildman–Crippen MR) is 77.8 cm³/mol. The number of benzene rings is 1. The van der Waals surface area contributed by atoms with Crippen LogP contribution in [0.5, 0.6) is 11.5 Å². The van der Waals surface area contributed by atoms with Crippen molar-refractivity contribution in [3.8, 4) is 11.5 Å². The normalized spacial score (nSPS) is 23.9. The molecule has 6 heteroatoms. The first-order valence-electron chi connectivity index (χ1n) is 7.29. The van der Waals surface area contributed by atoms with E-state index in [1.807, 2.05) is 19.1 Å². The van der Waals surface area contributed by atoms with E-state index in [0.29, 0.717) is 43.6 Å². The van der Waals surface area contributed by atoms with Gasteiger partial charge in [0.1, 0.15) is 13.2 Å². The summed E-state index contributed by atoms with van der Waals surface area (Å²) in [6.45, 7) is 4.96. The molecule has 2 atom stereocenters. The highest BCUT2D eigenvalue weighted by molar-refractivity contribution is 5.93. The molecule has 2 aliphatic heterocycles. The van der Waals surface area contributed by atoms with Gasteiger partial charge in [0.2, 0.25) is 5.91 Å². The molecule has 1 aromatic rings. The summed E-state index contributed by atoms with van der Waals surface area (Å²) in [5.74, 6) is 1.19. The van der Waals surface area contributed by atoms with Crippen molar-refractivity contribution >= 4 is 11.6 Å². The minimum absolute atomic E-state index is 0.0323. The van der Waals surface area contributed by atoms with Crippen molar-refractivity contribution in [2.45, 2.75) is 13.0 Å². The lowest BCUT2D eigenvalue weighted by Gasteiger charge is -2.20. The zero-order valence-corrected chi connectivity index (χ0v) is 12.1. The van der Waals surface area contributed by atoms with Crippen LogP contribution in [0.1, 0.15) is 6.92 Å². The summed E-state index contributed by atoms with van der Waals surface area (Å²) in [6, 6.07) is 5.51. The fourth-order valence-electron chi connectivity index (χ4n) is 2.63. The number of rotatable bonds is 4. The molecule has 2 aliphatic rings. The van der Waals surface area contributed by atoms with E-state index in [0.717, 1.165) is 6.54 Å². The van der Waals surface area contributed by atoms with Gasteiger partial charge < -0.3 is 24.8 Å². The zero-order chi connectivity index (χ0) is 14.7. The fraction of sp³-hybridized carbons (Fsp3) is 0.533. The summed E-state index contributed by atoms with van der Waals surface area (Å²) < 4.78 is 16.4. The van der Waals surface area contributed by atoms with Gasteiger partial charge in [-0.15, -0.1) is 0 Å². The van der Waals surface area contributed by atoms with E-state index >= 15 is 0 Å². The summed E-state index contributed by atoms with van der Waals surface area (Å²) in [5, 5.41) is 6.21. The van der Waals surface area contributed by atoms with Crippen LogP contribution >= 0.6 is 0 Å². The molecule has 2 N–H and O–H groups in total. The summed E-state index contributed by atoms with van der Waals surface area (Å²) in [7, 11) is 0. The van der Waals surface area contributed by atoms with Crippen molar-refractivity contribution in [1.29, 1.82) is 0 Å². The standard InChI is InChI=1S/C15H20N2O4/c1-2-16-12-9-19-8-11(12)15(18)17-10-3-4-13-14(7-10)21-6-5-20-13/h3-4,7,11-12,16H,2,5-6,8-9H2,1H3,(H,17,18). The number of fused-ring (bicyclic) bond motifs is 1. The Balaban J connectivity index is 1.67. The van der Waals surface area contributed by atoms with Crippen LogP contribution in [0.15, 0.2) is 18.2 Å². The Kier molecular flexibility index (Phi) is 4.26. The molecular formula is C15H20N2O4. The van der Waals surface area contributed by atoms with Gasteiger partial charge in [-0.2, -0.15) is 0 Å². The molecule has 21 heavy (non-hydrogen) atoms. The maximum absolute atomic E-state index is 12.4. The van der Waals surface area contributed by atoms with Crippen LogP contribution in [0.3, 0.4) is 0 Å². The molecule has 3 rings (SSSR count). The second-order valence-electron chi connectivity index (χ2n) is 5.16. The van der Waals surface area contributed by atoms with Crippen molar-refractivity contribution in [1.82, 2.24) is 5.32 Å². The van der Waals surface area contributed by atoms with Gasteiger partial charge in [0.25, 0.3) is 0 Å². The highest BCUT2D eigenvalue weighted by atomic mass is 16.6. The van der Waals surface area contributed by atoms with Crippen molar-refractivity contribution < 1.29 is 19.0 Å². The lowest BCUT2D eigenvalue weighted by atomic mass is 10.0. The average Bonchev–Trinajstić information content (AvgIpc) is 2.96. The van der Waals surface area contributed by atoms with E-state index in [1.54, 1.807) is 6.07 Å². The number of amides is 1. The monoisotopic (exact) mass is 292 g/mol. The quantitative estimate of drug-likeness (QED) is 0.867. The van der Waals surface area contributed by atoms with Crippen LogP contribution in [0.4, 0.5) is 5.69 Å². The smallest absolute Gasteiger partial charge is 0.231 e. The Bertz CT molecular complexity index is 520. The molecule has 0 bridgehead atoms. The second-order valence-corrected chi connectivity index (χ2v) is 5.16. The molecule has 2 heterocycles. The van der Waals surface area contributed by atoms with Crippen molar-refractivity contribution in [3.63, 3.8) is 0 Å². The molecule has 0 aliphatic carbocycles. The Morgan fingerprint density at radius 2 is 2.05 bits per heavy atom. The maximum atomic E-state index is 12.4. The van der Waals surface area contributed by atoms with Gasteiger partial charge in [-0.25, -0.2) is 0 Å². The number of carbonyl (C=O) groups is 1. The number of hydrogen-bond acceptors (Lipinski definition) is 5. The van der Waals surface area contributed by atoms with Gasteiger partial charge >= 0.3 is 0 Å². The lowest BCUT2D eigenvalue weighted by Crippen LogP contribution is -2.41. The Hall–Kier alpha value is -1.79. The highest BCUT2D eigenvalue weighted by Gasteiger charge is 2.33. The minimum Gasteiger partial charge on any atom is -0.486 e. The third-order valence-electron chi connectivity index (χ3n) is 3.69. The van der Waals surface area contributed by atoms with Gasteiger partial charge in [-0.1, -0.05) is 6.92 Å². The molecule has 0 saturated carbocycles. The molecule has 1 amide bonds. The van der Waals surface area contributed by atoms with Crippen molar-refractivity contribution in [3.05, 3.63) is 18.2 Å². The SMILES string of the molecule is CCNC1COCC1C(=O)Nc1ccc2c(c1)OCCO2. The van der Waals surface area contributed by atoms with Gasteiger partial charge in [0.05, 0.1) is 19.1 Å². The first-order valence-corrected chi connectivity index (χ1v) is 7.29. The Morgan fingerprint density at radius 3 is 2.86 bits per heavy atom. The number of ether oxygens (including phenoxy) is 3. The largest absolute Gasteiger partial charge is 0.486 e. The molecule has 114 valence electrons. The van der Waals surface area contributed by atoms with E-state index in [-0.39, 0.29) is 17.9 Å². The van der Waals surface area contributed by atoms with Crippen LogP contribution in [0.25, 0.3) is 0 Å². The molecule has 6 nitrogen and oxygen atoms in total. The second kappa shape index (κ2) is 6.32. The van der Waals surface area contributed by atoms with Crippen LogP contribution in [0, 0.1) is 5.92 Å². The molecule has 0 spiro atoms. The molecule has 0 aromatic heterocycles. The first kappa shape index (κ1) is 14.2. The van der Waals surface area contributed by atoms with E-state index in [2.05, 4.69) is 10.6 Å². The topological polar surface area (TPSA) is 68.8 Å². The van der Waals surface area contributed by atoms with Gasteiger partial charge in [0.15, 0.2) is 11.5 Å². The molecule has 1 aromatic carbocycles. The van der Waals surface area contributed by atoms with E-state index in [1.165, 1.54) is 0 Å². The Labute approximate surface area is 123 Å². The Morgan fingerprint density at radius 1 is 1.24 bits per heavy atom. The summed E-state index contributed by atoms with van der Waals surface area (Å²) in [4.78, 5) is 12.4. The molecular weight excluding hydrogens is 272 g/mol. The van der Waals surface area contributed by atoms with Gasteiger partial charge in [0, 0.05) is 17.8 Å². The summed E-state index contributed by atoms with van der Waals surface area (Å²) >= 11 is 0. The van der Waals surface area contributed by atoms with Crippen LogP contribution in [-0.2, 0) is 9.53 Å². The third-order valence-corrected chi connectivity index (χ3v) is 3.69. The molecule has 1 saturated heterocycles. The minimum atomic E-state index is -0.168. The van der Waals surface area contributed by atoms with Gasteiger partial charge in [-0.05, 0) is 18.7 Å². The number of nitrogens with one attached hydrogen (secondary N) is 2. The highest BCUT2D eigenvalue weighted by Crippen LogP contribution is 2.32. The average molecular weight is 292 g/mol. The number of carbonyl (C=O) groups excluding carboxylic acids is 1. The van der Waals surface area contributed by atoms with Crippen LogP contribution in [-0.4, -0.2) is 44.9 Å². The number of likely N-dealkylation sites (N-methyl/N-ethyl adjacent to an activating group) is 1. The predicted octanol–water partition coefficient (Wildman–Crippen LogP) is 1.02. The van der Waals surface area contributed by atoms with E-state index in [4.69, 9.17) is 14.2 Å². The van der Waals surface area contributed by atoms with Crippen molar-refractivity contribution in [2.75, 3.05) is 38.3 Å². The number of anilines is 1. The van der Waals surface area contributed by atoms with E-state index < -0.39 is 0 Å². The third kappa shape index (κ3) is 3.11. The summed E-state index contributed by atoms with van der Waals surface area (Å²) in [6.07, 6.45) is 0. The molecule has 0 radical (unpaired) electrons. The van der Waals surface area contributed by atoms with Gasteiger partial charge in [-0.3, -0.25) is 4.79 Å². The van der Waals surface area contributed by atoms with Crippen molar-refractivity contribution in [2.24, 2.45) is 5.92 Å².